The quantitative estimate of drug-likeness (QED) is 0.759. The van der Waals surface area contributed by atoms with Crippen LogP contribution in [0.25, 0.3) is 0 Å². The molecule has 0 spiro atoms. The van der Waals surface area contributed by atoms with E-state index in [9.17, 15) is 4.79 Å². The van der Waals surface area contributed by atoms with Gasteiger partial charge < -0.3 is 9.64 Å². The number of likely N-dealkylation sites (tertiary alicyclic amines) is 1. The number of aryl methyl sites for hydroxylation is 1. The van der Waals surface area contributed by atoms with Gasteiger partial charge >= 0.3 is 0 Å². The predicted octanol–water partition coefficient (Wildman–Crippen LogP) is 2.20. The van der Waals surface area contributed by atoms with E-state index in [1.165, 1.54) is 11.1 Å². The molecule has 3 heteroatoms. The van der Waals surface area contributed by atoms with E-state index < -0.39 is 0 Å². The second-order valence-electron chi connectivity index (χ2n) is 5.43. The molecule has 2 aliphatic rings. The number of hydrogen-bond acceptors (Lipinski definition) is 2. The number of benzene rings is 1. The van der Waals surface area contributed by atoms with Crippen molar-refractivity contribution < 1.29 is 9.53 Å². The molecule has 3 atom stereocenters. The Bertz CT molecular complexity index is 497. The van der Waals surface area contributed by atoms with E-state index in [-0.39, 0.29) is 11.8 Å². The minimum Gasteiger partial charge on any atom is -0.497 e. The molecule has 0 radical (unpaired) electrons. The zero-order valence-electron chi connectivity index (χ0n) is 11.1. The molecular weight excluding hydrogens is 226 g/mol. The summed E-state index contributed by atoms with van der Waals surface area (Å²) in [6.45, 7) is 2.05. The van der Waals surface area contributed by atoms with Gasteiger partial charge in [-0.15, -0.1) is 0 Å². The summed E-state index contributed by atoms with van der Waals surface area (Å²) >= 11 is 0. The Morgan fingerprint density at radius 2 is 2.17 bits per heavy atom. The minimum atomic E-state index is 0.0890. The molecular formula is C15H19NO2. The van der Waals surface area contributed by atoms with Crippen LogP contribution in [0.3, 0.4) is 0 Å². The van der Waals surface area contributed by atoms with Crippen LogP contribution in [-0.4, -0.2) is 31.0 Å². The average Bonchev–Trinajstić information content (AvgIpc) is 2.63. The fourth-order valence-electron chi connectivity index (χ4n) is 3.60. The van der Waals surface area contributed by atoms with Crippen molar-refractivity contribution in [3.8, 4) is 5.75 Å². The van der Waals surface area contributed by atoms with Crippen molar-refractivity contribution in [3.05, 3.63) is 29.3 Å². The van der Waals surface area contributed by atoms with Crippen LogP contribution < -0.4 is 4.74 Å². The third-order valence-electron chi connectivity index (χ3n) is 4.61. The predicted molar refractivity (Wildman–Crippen MR) is 69.8 cm³/mol. The molecule has 0 aromatic heterocycles. The maximum absolute atomic E-state index is 12.1. The zero-order chi connectivity index (χ0) is 12.9. The summed E-state index contributed by atoms with van der Waals surface area (Å²) in [5, 5.41) is 0. The topological polar surface area (TPSA) is 29.5 Å². The van der Waals surface area contributed by atoms with Crippen molar-refractivity contribution in [1.29, 1.82) is 0 Å². The number of fused-ring (bicyclic) bond motifs is 3. The van der Waals surface area contributed by atoms with Gasteiger partial charge in [-0.2, -0.15) is 0 Å². The van der Waals surface area contributed by atoms with Gasteiger partial charge in [0.25, 0.3) is 0 Å². The Balaban J connectivity index is 2.08. The maximum atomic E-state index is 12.1. The number of amides is 1. The molecule has 1 amide bonds. The Morgan fingerprint density at radius 3 is 2.89 bits per heavy atom. The van der Waals surface area contributed by atoms with Crippen LogP contribution in [0.2, 0.25) is 0 Å². The molecule has 18 heavy (non-hydrogen) atoms. The lowest BCUT2D eigenvalue weighted by molar-refractivity contribution is -0.130. The first kappa shape index (κ1) is 11.6. The van der Waals surface area contributed by atoms with Crippen molar-refractivity contribution in [2.75, 3.05) is 14.2 Å². The second-order valence-corrected chi connectivity index (χ2v) is 5.43. The minimum absolute atomic E-state index is 0.0890. The van der Waals surface area contributed by atoms with Gasteiger partial charge in [0.2, 0.25) is 5.91 Å². The molecule has 1 fully saturated rings. The highest BCUT2D eigenvalue weighted by Crippen LogP contribution is 2.45. The monoisotopic (exact) mass is 245 g/mol. The molecule has 0 N–H and O–H groups in total. The SMILES string of the molecule is COc1ccc2c(c1)[C@H]1[C@@H](C)C(=O)N(C)[C@H]1CC2. The Morgan fingerprint density at radius 1 is 1.39 bits per heavy atom. The Kier molecular flexibility index (Phi) is 2.58. The van der Waals surface area contributed by atoms with Crippen molar-refractivity contribution in [1.82, 2.24) is 4.90 Å². The number of ether oxygens (including phenoxy) is 1. The molecule has 0 unspecified atom stereocenters. The average molecular weight is 245 g/mol. The standard InChI is InChI=1S/C15H19NO2/c1-9-14-12-8-11(18-3)6-4-10(12)5-7-13(14)16(2)15(9)17/h4,6,8-9,13-14H,5,7H2,1-3H3/t9-,13+,14-/m1/s1. The van der Waals surface area contributed by atoms with E-state index in [0.29, 0.717) is 12.0 Å². The molecule has 1 aliphatic heterocycles. The highest BCUT2D eigenvalue weighted by Gasteiger charge is 2.46. The van der Waals surface area contributed by atoms with E-state index in [1.54, 1.807) is 7.11 Å². The molecule has 3 nitrogen and oxygen atoms in total. The summed E-state index contributed by atoms with van der Waals surface area (Å²) in [7, 11) is 3.63. The van der Waals surface area contributed by atoms with Crippen molar-refractivity contribution >= 4 is 5.91 Å². The first-order chi connectivity index (χ1) is 8.63. The number of methoxy groups -OCH3 is 1. The van der Waals surface area contributed by atoms with Crippen LogP contribution in [0.5, 0.6) is 5.75 Å². The summed E-state index contributed by atoms with van der Waals surface area (Å²) < 4.78 is 5.32. The fourth-order valence-corrected chi connectivity index (χ4v) is 3.60. The van der Waals surface area contributed by atoms with Crippen LogP contribution in [0, 0.1) is 5.92 Å². The normalized spacial score (nSPS) is 30.1. The van der Waals surface area contributed by atoms with E-state index in [4.69, 9.17) is 4.74 Å². The Labute approximate surface area is 108 Å². The van der Waals surface area contributed by atoms with Crippen LogP contribution in [0.15, 0.2) is 18.2 Å². The van der Waals surface area contributed by atoms with Gasteiger partial charge in [-0.05, 0) is 36.1 Å². The third kappa shape index (κ3) is 1.46. The smallest absolute Gasteiger partial charge is 0.226 e. The number of carbonyl (C=O) groups excluding carboxylic acids is 1. The highest BCUT2D eigenvalue weighted by molar-refractivity contribution is 5.83. The number of hydrogen-bond donors (Lipinski definition) is 0. The summed E-state index contributed by atoms with van der Waals surface area (Å²) in [5.74, 6) is 1.59. The molecule has 1 saturated heterocycles. The lowest BCUT2D eigenvalue weighted by atomic mass is 9.76. The van der Waals surface area contributed by atoms with Gasteiger partial charge in [-0.3, -0.25) is 4.79 Å². The second kappa shape index (κ2) is 4.01. The molecule has 3 rings (SSSR count). The molecule has 1 aromatic carbocycles. The zero-order valence-corrected chi connectivity index (χ0v) is 11.1. The van der Waals surface area contributed by atoms with Crippen LogP contribution >= 0.6 is 0 Å². The van der Waals surface area contributed by atoms with Crippen LogP contribution in [-0.2, 0) is 11.2 Å². The number of rotatable bonds is 1. The molecule has 0 bridgehead atoms. The van der Waals surface area contributed by atoms with E-state index in [2.05, 4.69) is 19.1 Å². The first-order valence-corrected chi connectivity index (χ1v) is 6.57. The van der Waals surface area contributed by atoms with Gasteiger partial charge in [-0.25, -0.2) is 0 Å². The lowest BCUT2D eigenvalue weighted by Gasteiger charge is -2.32. The molecule has 0 saturated carbocycles. The first-order valence-electron chi connectivity index (χ1n) is 6.57. The summed E-state index contributed by atoms with van der Waals surface area (Å²) in [6, 6.07) is 6.66. The van der Waals surface area contributed by atoms with Crippen LogP contribution in [0.1, 0.15) is 30.4 Å². The van der Waals surface area contributed by atoms with Crippen molar-refractivity contribution in [2.45, 2.75) is 31.7 Å². The number of nitrogens with zero attached hydrogens (tertiary/aromatic N) is 1. The van der Waals surface area contributed by atoms with E-state index in [0.717, 1.165) is 18.6 Å². The largest absolute Gasteiger partial charge is 0.497 e. The van der Waals surface area contributed by atoms with Gasteiger partial charge in [0.15, 0.2) is 0 Å². The molecule has 96 valence electrons. The fraction of sp³-hybridized carbons (Fsp3) is 0.533. The van der Waals surface area contributed by atoms with Gasteiger partial charge in [-0.1, -0.05) is 13.0 Å². The van der Waals surface area contributed by atoms with Crippen LogP contribution in [0.4, 0.5) is 0 Å². The van der Waals surface area contributed by atoms with E-state index in [1.807, 2.05) is 18.0 Å². The Hall–Kier alpha value is -1.51. The van der Waals surface area contributed by atoms with Crippen molar-refractivity contribution in [2.24, 2.45) is 5.92 Å². The molecule has 1 aromatic rings. The summed E-state index contributed by atoms with van der Waals surface area (Å²) in [4.78, 5) is 14.1. The summed E-state index contributed by atoms with van der Waals surface area (Å²) in [6.07, 6.45) is 2.14. The van der Waals surface area contributed by atoms with Gasteiger partial charge in [0, 0.05) is 24.9 Å². The highest BCUT2D eigenvalue weighted by atomic mass is 16.5. The maximum Gasteiger partial charge on any atom is 0.226 e. The molecule has 1 heterocycles. The number of carbonyl (C=O) groups is 1. The van der Waals surface area contributed by atoms with Gasteiger partial charge in [0.1, 0.15) is 5.75 Å². The summed E-state index contributed by atoms with van der Waals surface area (Å²) in [5.41, 5.74) is 2.70. The van der Waals surface area contributed by atoms with E-state index >= 15 is 0 Å². The molecule has 1 aliphatic carbocycles. The number of likely N-dealkylation sites (N-methyl/N-ethyl adjacent to an activating group) is 1. The van der Waals surface area contributed by atoms with Gasteiger partial charge in [0.05, 0.1) is 7.11 Å². The van der Waals surface area contributed by atoms with Crippen molar-refractivity contribution in [3.63, 3.8) is 0 Å². The lowest BCUT2D eigenvalue weighted by Crippen LogP contribution is -2.33. The third-order valence-corrected chi connectivity index (χ3v) is 4.61.